The fourth-order valence-corrected chi connectivity index (χ4v) is 8.00. The van der Waals surface area contributed by atoms with Crippen LogP contribution in [0.2, 0.25) is 0 Å². The average Bonchev–Trinajstić information content (AvgIpc) is 3.61. The summed E-state index contributed by atoms with van der Waals surface area (Å²) in [5.41, 5.74) is 0. The maximum Gasteiger partial charge on any atom is 0.472 e. The van der Waals surface area contributed by atoms with E-state index < -0.39 is 32.5 Å². The number of carbonyl (C=O) groups excluding carboxylic acids is 2. The summed E-state index contributed by atoms with van der Waals surface area (Å²) in [5.74, 6) is -0.947. The van der Waals surface area contributed by atoms with Gasteiger partial charge in [-0.3, -0.25) is 18.6 Å². The lowest BCUT2D eigenvalue weighted by atomic mass is 10.1. The molecule has 2 unspecified atom stereocenters. The Morgan fingerprint density at radius 1 is 0.369 bits per heavy atom. The molecule has 0 fully saturated rings. The molecule has 0 bridgehead atoms. The molecular formula is C74H113NO8P+. The Hall–Kier alpha value is -5.67. The molecule has 10 heteroatoms. The molecule has 0 heterocycles. The van der Waals surface area contributed by atoms with Crippen LogP contribution in [0.15, 0.2) is 219 Å². The Morgan fingerprint density at radius 2 is 0.667 bits per heavy atom. The molecule has 2 atom stereocenters. The van der Waals surface area contributed by atoms with Gasteiger partial charge in [-0.1, -0.05) is 245 Å². The number of quaternary nitrogens is 1. The van der Waals surface area contributed by atoms with Gasteiger partial charge in [-0.15, -0.1) is 0 Å². The molecule has 0 aliphatic rings. The highest BCUT2D eigenvalue weighted by molar-refractivity contribution is 7.47. The smallest absolute Gasteiger partial charge is 0.462 e. The van der Waals surface area contributed by atoms with Crippen molar-refractivity contribution in [2.75, 3.05) is 47.5 Å². The van der Waals surface area contributed by atoms with Crippen molar-refractivity contribution in [1.29, 1.82) is 0 Å². The number of likely N-dealkylation sites (N-methyl/N-ethyl adjacent to an activating group) is 1. The zero-order chi connectivity index (χ0) is 61.2. The molecule has 0 radical (unpaired) electrons. The zero-order valence-corrected chi connectivity index (χ0v) is 53.7. The third-order valence-electron chi connectivity index (χ3n) is 12.0. The molecule has 9 nitrogen and oxygen atoms in total. The first-order valence-corrected chi connectivity index (χ1v) is 33.0. The van der Waals surface area contributed by atoms with Gasteiger partial charge in [-0.25, -0.2) is 4.57 Å². The van der Waals surface area contributed by atoms with Crippen molar-refractivity contribution >= 4 is 19.8 Å². The van der Waals surface area contributed by atoms with Crippen molar-refractivity contribution in [3.8, 4) is 0 Å². The molecule has 0 aliphatic carbocycles. The molecule has 0 saturated carbocycles. The topological polar surface area (TPSA) is 108 Å². The molecule has 84 heavy (non-hydrogen) atoms. The first-order chi connectivity index (χ1) is 41.0. The quantitative estimate of drug-likeness (QED) is 0.0211. The molecule has 0 aromatic heterocycles. The minimum Gasteiger partial charge on any atom is -0.462 e. The summed E-state index contributed by atoms with van der Waals surface area (Å²) >= 11 is 0. The largest absolute Gasteiger partial charge is 0.472 e. The van der Waals surface area contributed by atoms with E-state index in [0.717, 1.165) is 141 Å². The lowest BCUT2D eigenvalue weighted by Gasteiger charge is -2.24. The van der Waals surface area contributed by atoms with Gasteiger partial charge in [0, 0.05) is 12.8 Å². The van der Waals surface area contributed by atoms with Crippen LogP contribution >= 0.6 is 7.82 Å². The number of unbranched alkanes of at least 4 members (excludes halogenated alkanes) is 4. The predicted molar refractivity (Wildman–Crippen MR) is 361 cm³/mol. The monoisotopic (exact) mass is 1170 g/mol. The molecule has 0 aromatic rings. The first kappa shape index (κ1) is 78.3. The molecule has 466 valence electrons. The number of hydrogen-bond donors (Lipinski definition) is 1. The normalized spacial score (nSPS) is 14.7. The van der Waals surface area contributed by atoms with Crippen LogP contribution in [0.25, 0.3) is 0 Å². The minimum atomic E-state index is -4.43. The van der Waals surface area contributed by atoms with E-state index in [1.807, 2.05) is 33.3 Å². The van der Waals surface area contributed by atoms with Crippen LogP contribution in [0.4, 0.5) is 0 Å². The molecular weight excluding hydrogens is 1060 g/mol. The molecule has 0 aromatic carbocycles. The average molecular weight is 1180 g/mol. The molecule has 0 spiro atoms. The second-order valence-electron chi connectivity index (χ2n) is 21.0. The number of phosphoric acid groups is 1. The van der Waals surface area contributed by atoms with Gasteiger partial charge in [0.1, 0.15) is 19.8 Å². The number of allylic oxidation sites excluding steroid dienone is 36. The Balaban J connectivity index is 4.29. The SMILES string of the molecule is CC/C=C\C/C=C\C/C=C\C/C=C\C/C=C\C/C=C\C/C=C\C/C=C\C/C=C\C/C=C\C/C=C\C/C=C\CCCCCCC(=O)OC(COC(=O)CC/C=C\C/C=C\C/C=C\C/C=C\C/C=C\C/C=C\CC)COP(=O)(O)OCC[N+](C)(C)C. The molecule has 0 aliphatic heterocycles. The van der Waals surface area contributed by atoms with Crippen molar-refractivity contribution < 1.29 is 42.1 Å². The Labute approximate surface area is 512 Å². The second kappa shape index (κ2) is 61.9. The first-order valence-electron chi connectivity index (χ1n) is 31.5. The minimum absolute atomic E-state index is 0.00189. The highest BCUT2D eigenvalue weighted by Crippen LogP contribution is 2.43. The van der Waals surface area contributed by atoms with Crippen LogP contribution in [0.3, 0.4) is 0 Å². The Morgan fingerprint density at radius 3 is 0.988 bits per heavy atom. The summed E-state index contributed by atoms with van der Waals surface area (Å²) in [5, 5.41) is 0. The molecule has 1 N–H and O–H groups in total. The van der Waals surface area contributed by atoms with Crippen LogP contribution < -0.4 is 0 Å². The third kappa shape index (κ3) is 65.5. The van der Waals surface area contributed by atoms with E-state index in [2.05, 4.69) is 220 Å². The molecule has 0 amide bonds. The maximum atomic E-state index is 12.8. The summed E-state index contributed by atoms with van der Waals surface area (Å²) < 4.78 is 34.4. The summed E-state index contributed by atoms with van der Waals surface area (Å²) in [4.78, 5) is 35.7. The second-order valence-corrected chi connectivity index (χ2v) is 22.4. The van der Waals surface area contributed by atoms with Gasteiger partial charge < -0.3 is 18.9 Å². The van der Waals surface area contributed by atoms with Crippen molar-refractivity contribution in [2.45, 2.75) is 187 Å². The van der Waals surface area contributed by atoms with Crippen LogP contribution in [-0.2, 0) is 32.7 Å². The number of ether oxygens (including phenoxy) is 2. The number of rotatable bonds is 54. The van der Waals surface area contributed by atoms with Crippen molar-refractivity contribution in [3.63, 3.8) is 0 Å². The van der Waals surface area contributed by atoms with E-state index in [9.17, 15) is 19.0 Å². The summed E-state index contributed by atoms with van der Waals surface area (Å²) in [7, 11) is 1.38. The van der Waals surface area contributed by atoms with Crippen molar-refractivity contribution in [1.82, 2.24) is 0 Å². The Kier molecular flexibility index (Phi) is 57.7. The van der Waals surface area contributed by atoms with Gasteiger partial charge >= 0.3 is 19.8 Å². The number of phosphoric ester groups is 1. The van der Waals surface area contributed by atoms with Crippen LogP contribution in [0.1, 0.15) is 181 Å². The number of hydrogen-bond acceptors (Lipinski definition) is 7. The Bertz CT molecular complexity index is 2210. The lowest BCUT2D eigenvalue weighted by molar-refractivity contribution is -0.870. The van der Waals surface area contributed by atoms with E-state index in [4.69, 9.17) is 18.5 Å². The van der Waals surface area contributed by atoms with Gasteiger partial charge in [-0.2, -0.15) is 0 Å². The van der Waals surface area contributed by atoms with E-state index in [-0.39, 0.29) is 26.1 Å². The fraction of sp³-hybridized carbons (Fsp3) is 0.486. The maximum absolute atomic E-state index is 12.8. The van der Waals surface area contributed by atoms with Crippen molar-refractivity contribution in [3.05, 3.63) is 219 Å². The molecule has 0 saturated heterocycles. The standard InChI is InChI=1S/C74H112NO8P/c1-6-8-10-12-14-16-18-20-22-24-26-27-28-29-30-31-32-33-34-35-36-37-38-39-40-41-42-43-44-45-46-47-49-51-53-55-57-59-61-63-65-67-74(77)83-72(71-82-84(78,79)81-69-68-75(3,4)5)70-80-73(76)66-64-62-60-58-56-54-52-50-48-25-23-21-19-17-15-13-11-9-7-2/h8-11,14-17,20-23,26-27,29-30,32-33,35-36,38-39,41-42,44-45,47-50,53-56,60,62,72H,6-7,12-13,18-19,24-25,28,31,34,37,40,43,46,51-52,57-59,61,63-71H2,1-5H3/p+1/b10-8-,11-9-,16-14-,17-15-,22-20-,23-21-,27-26-,30-29-,33-32-,36-35-,39-38-,42-41-,45-44-,49-47-,50-48-,55-53-,56-54-,62-60-. The van der Waals surface area contributed by atoms with Gasteiger partial charge in [0.2, 0.25) is 0 Å². The predicted octanol–water partition coefficient (Wildman–Crippen LogP) is 20.5. The third-order valence-corrected chi connectivity index (χ3v) is 13.0. The van der Waals surface area contributed by atoms with Gasteiger partial charge in [0.25, 0.3) is 0 Å². The van der Waals surface area contributed by atoms with Crippen LogP contribution in [0.5, 0.6) is 0 Å². The molecule has 0 rings (SSSR count). The van der Waals surface area contributed by atoms with E-state index in [1.54, 1.807) is 0 Å². The van der Waals surface area contributed by atoms with Gasteiger partial charge in [0.05, 0.1) is 27.7 Å². The summed E-state index contributed by atoms with van der Waals surface area (Å²) in [6, 6.07) is 0. The summed E-state index contributed by atoms with van der Waals surface area (Å²) in [6.45, 7) is 4.04. The fourth-order valence-electron chi connectivity index (χ4n) is 7.26. The lowest BCUT2D eigenvalue weighted by Crippen LogP contribution is -2.37. The van der Waals surface area contributed by atoms with Crippen LogP contribution in [-0.4, -0.2) is 74.9 Å². The number of nitrogens with zero attached hydrogens (tertiary/aromatic N) is 1. The summed E-state index contributed by atoms with van der Waals surface area (Å²) in [6.07, 6.45) is 100. The van der Waals surface area contributed by atoms with E-state index in [1.165, 1.54) is 0 Å². The highest BCUT2D eigenvalue weighted by Gasteiger charge is 2.27. The highest BCUT2D eigenvalue weighted by atomic mass is 31.2. The number of carbonyl (C=O) groups is 2. The number of esters is 2. The van der Waals surface area contributed by atoms with E-state index in [0.29, 0.717) is 23.9 Å². The van der Waals surface area contributed by atoms with Crippen LogP contribution in [0, 0.1) is 0 Å². The van der Waals surface area contributed by atoms with Gasteiger partial charge in [0.15, 0.2) is 6.10 Å². The zero-order valence-electron chi connectivity index (χ0n) is 52.8. The van der Waals surface area contributed by atoms with Gasteiger partial charge in [-0.05, 0) is 141 Å². The van der Waals surface area contributed by atoms with E-state index >= 15 is 0 Å². The van der Waals surface area contributed by atoms with Crippen molar-refractivity contribution in [2.24, 2.45) is 0 Å².